The fourth-order valence-corrected chi connectivity index (χ4v) is 10.0. The minimum absolute atomic E-state index is 0.00255. The molecule has 0 saturated heterocycles. The average molecular weight is 1340 g/mol. The molecule has 28 heteroatoms. The maximum absolute atomic E-state index is 14.5. The first-order valence-electron chi connectivity index (χ1n) is 35.1. The van der Waals surface area contributed by atoms with E-state index >= 15 is 0 Å². The van der Waals surface area contributed by atoms with Gasteiger partial charge in [-0.15, -0.1) is 0 Å². The van der Waals surface area contributed by atoms with E-state index in [0.717, 1.165) is 90.6 Å². The number of amides is 8. The highest BCUT2D eigenvalue weighted by molar-refractivity contribution is 5.98. The second-order valence-electron chi connectivity index (χ2n) is 23.7. The molecule has 0 aliphatic heterocycles. The number of nitrogens with one attached hydrogen (secondary N) is 11. The van der Waals surface area contributed by atoms with Gasteiger partial charge in [0.25, 0.3) is 0 Å². The number of nitrogens with zero attached hydrogens (tertiary/aromatic N) is 2. The highest BCUT2D eigenvalue weighted by atomic mass is 16.5. The molecule has 0 fully saturated rings. The minimum atomic E-state index is -1.44. The van der Waals surface area contributed by atoms with Crippen LogP contribution in [-0.2, 0) is 67.0 Å². The van der Waals surface area contributed by atoms with E-state index in [1.54, 1.807) is 6.92 Å². The standard InChI is InChI=1S/C66H124N14O14/c1-9-17-20-22-29-72-59(85)46-54(78-60(86)44-50(12-4)64(90)75-30-23-21-18-10-2)56(83)43-51(65(91)76-38-34-68-31-35-70-55(63(67)89)47-93-61(87)26-24-39-79(13-5)14-6)41-53(82)42-52(66(92)74-28-19-11-3)45-58(84)73-37-33-69-32-36-71-57(77-49-81)48-94-62(88)27-25-40-80(15-7)16-8/h49-52,54-55,57,68-71H,9-48H2,1-8H3,(H2,67,89)(H,72,85)(H,73,84)(H,74,92)(H,75,90)(H,76,91)(H,77,81)(H,78,86). The normalized spacial score (nSPS) is 13.1. The van der Waals surface area contributed by atoms with Crippen molar-refractivity contribution in [2.24, 2.45) is 23.5 Å². The van der Waals surface area contributed by atoms with Crippen LogP contribution in [0, 0.1) is 17.8 Å². The molecule has 0 aromatic carbocycles. The Labute approximate surface area is 561 Å². The van der Waals surface area contributed by atoms with Crippen molar-refractivity contribution < 1.29 is 67.0 Å². The Morgan fingerprint density at radius 2 is 0.872 bits per heavy atom. The molecule has 0 bridgehead atoms. The Hall–Kier alpha value is -6.20. The van der Waals surface area contributed by atoms with Crippen LogP contribution >= 0.6 is 0 Å². The van der Waals surface area contributed by atoms with Crippen LogP contribution in [0.3, 0.4) is 0 Å². The van der Waals surface area contributed by atoms with Crippen molar-refractivity contribution in [2.75, 3.05) is 124 Å². The van der Waals surface area contributed by atoms with Gasteiger partial charge < -0.3 is 78.2 Å². The number of hydrogen-bond donors (Lipinski definition) is 12. The molecule has 0 aromatic heterocycles. The van der Waals surface area contributed by atoms with Gasteiger partial charge >= 0.3 is 11.9 Å². The third kappa shape index (κ3) is 46.0. The summed E-state index contributed by atoms with van der Waals surface area (Å²) in [7, 11) is 0. The summed E-state index contributed by atoms with van der Waals surface area (Å²) in [5, 5.41) is 31.7. The van der Waals surface area contributed by atoms with E-state index < -0.39 is 115 Å². The number of esters is 2. The lowest BCUT2D eigenvalue weighted by atomic mass is 9.88. The zero-order valence-corrected chi connectivity index (χ0v) is 58.5. The molecule has 0 aliphatic rings. The molecule has 13 N–H and O–H groups in total. The van der Waals surface area contributed by atoms with Crippen LogP contribution in [0.4, 0.5) is 0 Å². The van der Waals surface area contributed by atoms with Gasteiger partial charge in [0.1, 0.15) is 31.2 Å². The van der Waals surface area contributed by atoms with Gasteiger partial charge in [-0.25, -0.2) is 0 Å². The maximum atomic E-state index is 14.5. The van der Waals surface area contributed by atoms with Crippen molar-refractivity contribution in [1.29, 1.82) is 0 Å². The van der Waals surface area contributed by atoms with Crippen molar-refractivity contribution >= 4 is 71.3 Å². The molecule has 94 heavy (non-hydrogen) atoms. The summed E-state index contributed by atoms with van der Waals surface area (Å²) in [4.78, 5) is 163. The van der Waals surface area contributed by atoms with Crippen LogP contribution < -0.4 is 64.2 Å². The second kappa shape index (κ2) is 58.2. The Kier molecular flexibility index (Phi) is 54.3. The monoisotopic (exact) mass is 1340 g/mol. The van der Waals surface area contributed by atoms with Gasteiger partial charge in [-0.3, -0.25) is 62.9 Å². The number of nitrogens with two attached hydrogens (primary N) is 1. The summed E-state index contributed by atoms with van der Waals surface area (Å²) in [5.74, 6) is -9.36. The van der Waals surface area contributed by atoms with E-state index in [0.29, 0.717) is 71.2 Å². The molecule has 0 radical (unpaired) electrons. The number of carbonyl (C=O) groups excluding carboxylic acids is 12. The molecule has 0 heterocycles. The quantitative estimate of drug-likeness (QED) is 0.0177. The first-order chi connectivity index (χ1) is 45.2. The lowest BCUT2D eigenvalue weighted by Crippen LogP contribution is -2.48. The Balaban J connectivity index is 6.37. The molecule has 6 atom stereocenters. The summed E-state index contributed by atoms with van der Waals surface area (Å²) < 4.78 is 10.7. The third-order valence-electron chi connectivity index (χ3n) is 16.0. The highest BCUT2D eigenvalue weighted by Gasteiger charge is 2.33. The lowest BCUT2D eigenvalue weighted by molar-refractivity contribution is -0.146. The first kappa shape index (κ1) is 87.8. The molecule has 8 amide bonds. The summed E-state index contributed by atoms with van der Waals surface area (Å²) in [6.45, 7) is 23.7. The predicted octanol–water partition coefficient (Wildman–Crippen LogP) is 1.37. The number of hydrogen-bond acceptors (Lipinski definition) is 20. The van der Waals surface area contributed by atoms with E-state index in [-0.39, 0.29) is 90.0 Å². The Morgan fingerprint density at radius 3 is 1.39 bits per heavy atom. The zero-order valence-electron chi connectivity index (χ0n) is 58.5. The zero-order chi connectivity index (χ0) is 70.2. The Bertz CT molecular complexity index is 2160. The van der Waals surface area contributed by atoms with Gasteiger partial charge in [-0.1, -0.05) is 100 Å². The Morgan fingerprint density at radius 1 is 0.426 bits per heavy atom. The van der Waals surface area contributed by atoms with Gasteiger partial charge in [0.05, 0.1) is 24.3 Å². The van der Waals surface area contributed by atoms with Crippen LogP contribution in [0.25, 0.3) is 0 Å². The molecule has 0 saturated carbocycles. The van der Waals surface area contributed by atoms with Crippen LogP contribution in [-0.4, -0.2) is 224 Å². The van der Waals surface area contributed by atoms with E-state index in [9.17, 15) is 57.5 Å². The van der Waals surface area contributed by atoms with Crippen LogP contribution in [0.5, 0.6) is 0 Å². The molecule has 6 unspecified atom stereocenters. The van der Waals surface area contributed by atoms with Gasteiger partial charge in [0.2, 0.25) is 47.8 Å². The molecule has 0 aliphatic carbocycles. The summed E-state index contributed by atoms with van der Waals surface area (Å²) in [6, 6.07) is -2.40. The van der Waals surface area contributed by atoms with Gasteiger partial charge in [0, 0.05) is 123 Å². The lowest BCUT2D eigenvalue weighted by Gasteiger charge is -2.23. The topological polar surface area (TPSA) is 388 Å². The van der Waals surface area contributed by atoms with E-state index in [1.165, 1.54) is 0 Å². The smallest absolute Gasteiger partial charge is 0.305 e. The summed E-state index contributed by atoms with van der Waals surface area (Å²) >= 11 is 0. The molecule has 0 aromatic rings. The second-order valence-corrected chi connectivity index (χ2v) is 23.7. The average Bonchev–Trinajstić information content (AvgIpc) is 1.02. The van der Waals surface area contributed by atoms with Gasteiger partial charge in [-0.2, -0.15) is 0 Å². The van der Waals surface area contributed by atoms with E-state index in [1.807, 2.05) is 20.8 Å². The van der Waals surface area contributed by atoms with Crippen LogP contribution in [0.2, 0.25) is 0 Å². The fourth-order valence-electron chi connectivity index (χ4n) is 10.0. The van der Waals surface area contributed by atoms with Crippen LogP contribution in [0.15, 0.2) is 0 Å². The number of ether oxygens (including phenoxy) is 2. The minimum Gasteiger partial charge on any atom is -0.463 e. The van der Waals surface area contributed by atoms with Crippen molar-refractivity contribution in [2.45, 2.75) is 208 Å². The van der Waals surface area contributed by atoms with Crippen molar-refractivity contribution in [3.05, 3.63) is 0 Å². The van der Waals surface area contributed by atoms with Gasteiger partial charge in [0.15, 0.2) is 5.78 Å². The summed E-state index contributed by atoms with van der Waals surface area (Å²) in [5.41, 5.74) is 5.59. The molecule has 0 rings (SSSR count). The SMILES string of the molecule is CCCCCCNC(=O)CC(NC(=O)CC(CC)C(=O)NCCCCCC)C(=O)CC(CC(=O)CC(CC(=O)NCCNCCNC(COC(=O)CCCN(CC)CC)NC=O)C(=O)NCCCC)C(=O)NCCNCCNC(COC(=O)CCCN(CC)CC)C(N)=O. The molecular weight excluding hydrogens is 1210 g/mol. The highest BCUT2D eigenvalue weighted by Crippen LogP contribution is 2.20. The maximum Gasteiger partial charge on any atom is 0.305 e. The number of rotatable bonds is 64. The van der Waals surface area contributed by atoms with E-state index in [2.05, 4.69) is 96.0 Å². The van der Waals surface area contributed by atoms with Crippen LogP contribution in [0.1, 0.15) is 190 Å². The largest absolute Gasteiger partial charge is 0.463 e. The number of carbonyl (C=O) groups is 12. The molecule has 0 spiro atoms. The third-order valence-corrected chi connectivity index (χ3v) is 16.0. The van der Waals surface area contributed by atoms with E-state index in [4.69, 9.17) is 15.2 Å². The van der Waals surface area contributed by atoms with Crippen molar-refractivity contribution in [1.82, 2.24) is 68.3 Å². The van der Waals surface area contributed by atoms with Crippen molar-refractivity contribution in [3.8, 4) is 0 Å². The predicted molar refractivity (Wildman–Crippen MR) is 362 cm³/mol. The van der Waals surface area contributed by atoms with Gasteiger partial charge in [-0.05, 0) is 77.8 Å². The molecule has 542 valence electrons. The fraction of sp³-hybridized carbons (Fsp3) is 0.818. The molecule has 28 nitrogen and oxygen atoms in total. The van der Waals surface area contributed by atoms with Crippen molar-refractivity contribution in [3.63, 3.8) is 0 Å². The summed E-state index contributed by atoms with van der Waals surface area (Å²) in [6.07, 6.45) is 7.81. The number of primary amides is 1. The number of unbranched alkanes of at least 4 members (excludes halogenated alkanes) is 7. The molecular formula is C66H124N14O14. The number of Topliss-reactive ketones (excluding diaryl/α,β-unsaturated/α-hetero) is 2. The first-order valence-corrected chi connectivity index (χ1v) is 35.1. The number of ketones is 2.